The highest BCUT2D eigenvalue weighted by Crippen LogP contribution is 2.27. The molecule has 76 valence electrons. The van der Waals surface area contributed by atoms with E-state index < -0.39 is 11.8 Å². The molecular weight excluding hydrogens is 175 g/mol. The number of amides is 1. The number of carboxylic acid groups (broad SMARTS) is 1. The first-order chi connectivity index (χ1) is 6.07. The van der Waals surface area contributed by atoms with Gasteiger partial charge in [0.05, 0.1) is 6.54 Å². The molecule has 0 aromatic carbocycles. The molecule has 0 aliphatic carbocycles. The monoisotopic (exact) mass is 190 g/mol. The number of nitrogens with zero attached hydrogens (tertiary/aromatic N) is 1. The van der Waals surface area contributed by atoms with Crippen LogP contribution in [0.3, 0.4) is 0 Å². The zero-order chi connectivity index (χ0) is 9.90. The van der Waals surface area contributed by atoms with Crippen molar-refractivity contribution in [1.82, 2.24) is 4.90 Å². The van der Waals surface area contributed by atoms with Gasteiger partial charge in [0.15, 0.2) is 0 Å². The van der Waals surface area contributed by atoms with Gasteiger partial charge < -0.3 is 15.7 Å². The van der Waals surface area contributed by atoms with Gasteiger partial charge in [0.25, 0.3) is 0 Å². The first-order valence-electron chi connectivity index (χ1n) is 4.44. The van der Waals surface area contributed by atoms with Crippen LogP contribution in [-0.2, 0) is 0 Å². The standard InChI is InChI=1S/C8H15FN2O2/c9-8(3-4-10)2-1-5-11(6-8)7(12)13/h1-6,10H2,(H,12,13)/t8-/m1/s1. The van der Waals surface area contributed by atoms with Crippen LogP contribution in [0.4, 0.5) is 9.18 Å². The van der Waals surface area contributed by atoms with E-state index in [-0.39, 0.29) is 19.5 Å². The van der Waals surface area contributed by atoms with Crippen LogP contribution >= 0.6 is 0 Å². The Balaban J connectivity index is 2.54. The lowest BCUT2D eigenvalue weighted by molar-refractivity contribution is 0.0409. The highest BCUT2D eigenvalue weighted by molar-refractivity contribution is 5.65. The van der Waals surface area contributed by atoms with E-state index in [1.54, 1.807) is 0 Å². The van der Waals surface area contributed by atoms with Crippen LogP contribution in [-0.4, -0.2) is 41.4 Å². The van der Waals surface area contributed by atoms with Crippen molar-refractivity contribution in [3.05, 3.63) is 0 Å². The Morgan fingerprint density at radius 3 is 2.92 bits per heavy atom. The zero-order valence-corrected chi connectivity index (χ0v) is 7.50. The fourth-order valence-electron chi connectivity index (χ4n) is 1.71. The molecule has 0 aromatic rings. The van der Waals surface area contributed by atoms with Crippen molar-refractivity contribution in [2.45, 2.75) is 24.9 Å². The Kier molecular flexibility index (Phi) is 3.08. The summed E-state index contributed by atoms with van der Waals surface area (Å²) in [5.74, 6) is 0. The van der Waals surface area contributed by atoms with Crippen molar-refractivity contribution < 1.29 is 14.3 Å². The largest absolute Gasteiger partial charge is 0.465 e. The molecule has 1 aliphatic heterocycles. The first-order valence-corrected chi connectivity index (χ1v) is 4.44. The van der Waals surface area contributed by atoms with E-state index in [2.05, 4.69) is 0 Å². The van der Waals surface area contributed by atoms with Crippen LogP contribution in [0.2, 0.25) is 0 Å². The van der Waals surface area contributed by atoms with E-state index in [4.69, 9.17) is 10.8 Å². The van der Waals surface area contributed by atoms with Crippen molar-refractivity contribution in [3.8, 4) is 0 Å². The summed E-state index contributed by atoms with van der Waals surface area (Å²) in [5, 5.41) is 8.67. The van der Waals surface area contributed by atoms with Gasteiger partial charge in [-0.05, 0) is 25.8 Å². The normalized spacial score (nSPS) is 28.9. The average Bonchev–Trinajstić information content (AvgIpc) is 2.04. The second-order valence-electron chi connectivity index (χ2n) is 3.50. The average molecular weight is 190 g/mol. The molecule has 5 heteroatoms. The van der Waals surface area contributed by atoms with Crippen LogP contribution in [0.15, 0.2) is 0 Å². The Morgan fingerprint density at radius 1 is 1.69 bits per heavy atom. The third kappa shape index (κ3) is 2.55. The molecule has 0 radical (unpaired) electrons. The Bertz CT molecular complexity index is 197. The van der Waals surface area contributed by atoms with Crippen LogP contribution in [0.1, 0.15) is 19.3 Å². The highest BCUT2D eigenvalue weighted by Gasteiger charge is 2.36. The number of hydrogen-bond donors (Lipinski definition) is 2. The van der Waals surface area contributed by atoms with Crippen LogP contribution in [0.25, 0.3) is 0 Å². The van der Waals surface area contributed by atoms with Gasteiger partial charge in [-0.1, -0.05) is 0 Å². The van der Waals surface area contributed by atoms with Crippen LogP contribution < -0.4 is 5.73 Å². The summed E-state index contributed by atoms with van der Waals surface area (Å²) in [4.78, 5) is 11.7. The Hall–Kier alpha value is -0.840. The predicted octanol–water partition coefficient (Wildman–Crippen LogP) is 0.817. The van der Waals surface area contributed by atoms with E-state index >= 15 is 0 Å². The van der Waals surface area contributed by atoms with E-state index in [0.717, 1.165) is 4.90 Å². The molecule has 0 unspecified atom stereocenters. The molecule has 0 spiro atoms. The molecule has 1 amide bonds. The third-order valence-corrected chi connectivity index (χ3v) is 2.39. The summed E-state index contributed by atoms with van der Waals surface area (Å²) in [6.45, 7) is 0.676. The number of piperidine rings is 1. The number of carbonyl (C=O) groups is 1. The summed E-state index contributed by atoms with van der Waals surface area (Å²) in [5.41, 5.74) is 3.86. The maximum atomic E-state index is 13.8. The molecular formula is C8H15FN2O2. The number of alkyl halides is 1. The van der Waals surface area contributed by atoms with Gasteiger partial charge in [-0.3, -0.25) is 0 Å². The maximum Gasteiger partial charge on any atom is 0.407 e. The molecule has 1 rings (SSSR count). The van der Waals surface area contributed by atoms with Gasteiger partial charge in [-0.25, -0.2) is 9.18 Å². The molecule has 0 bridgehead atoms. The third-order valence-electron chi connectivity index (χ3n) is 2.39. The van der Waals surface area contributed by atoms with Crippen molar-refractivity contribution >= 4 is 6.09 Å². The predicted molar refractivity (Wildman–Crippen MR) is 46.3 cm³/mol. The molecule has 1 heterocycles. The van der Waals surface area contributed by atoms with Gasteiger partial charge >= 0.3 is 6.09 Å². The van der Waals surface area contributed by atoms with Crippen LogP contribution in [0, 0.1) is 0 Å². The van der Waals surface area contributed by atoms with Crippen molar-refractivity contribution in [3.63, 3.8) is 0 Å². The van der Waals surface area contributed by atoms with Crippen molar-refractivity contribution in [2.75, 3.05) is 19.6 Å². The molecule has 1 aliphatic rings. The second-order valence-corrected chi connectivity index (χ2v) is 3.50. The SMILES string of the molecule is NCC[C@]1(F)CCCN(C(=O)O)C1. The lowest BCUT2D eigenvalue weighted by atomic mass is 9.92. The number of likely N-dealkylation sites (tertiary alicyclic amines) is 1. The molecule has 0 aromatic heterocycles. The number of nitrogens with two attached hydrogens (primary N) is 1. The van der Waals surface area contributed by atoms with E-state index in [0.29, 0.717) is 19.4 Å². The number of hydrogen-bond acceptors (Lipinski definition) is 2. The zero-order valence-electron chi connectivity index (χ0n) is 7.50. The van der Waals surface area contributed by atoms with Gasteiger partial charge in [-0.15, -0.1) is 0 Å². The number of halogens is 1. The minimum atomic E-state index is -1.40. The lowest BCUT2D eigenvalue weighted by Gasteiger charge is -2.35. The van der Waals surface area contributed by atoms with E-state index in [9.17, 15) is 9.18 Å². The summed E-state index contributed by atoms with van der Waals surface area (Å²) < 4.78 is 13.8. The van der Waals surface area contributed by atoms with E-state index in [1.807, 2.05) is 0 Å². The second kappa shape index (κ2) is 3.91. The molecule has 4 nitrogen and oxygen atoms in total. The summed E-state index contributed by atoms with van der Waals surface area (Å²) in [6.07, 6.45) is 0.215. The summed E-state index contributed by atoms with van der Waals surface area (Å²) >= 11 is 0. The van der Waals surface area contributed by atoms with Crippen molar-refractivity contribution in [2.24, 2.45) is 5.73 Å². The quantitative estimate of drug-likeness (QED) is 0.677. The maximum absolute atomic E-state index is 13.8. The minimum absolute atomic E-state index is 0.0282. The highest BCUT2D eigenvalue weighted by atomic mass is 19.1. The van der Waals surface area contributed by atoms with Gasteiger partial charge in [0.2, 0.25) is 0 Å². The van der Waals surface area contributed by atoms with Gasteiger partial charge in [0, 0.05) is 6.54 Å². The molecule has 1 fully saturated rings. The minimum Gasteiger partial charge on any atom is -0.465 e. The van der Waals surface area contributed by atoms with Gasteiger partial charge in [-0.2, -0.15) is 0 Å². The summed E-state index contributed by atoms with van der Waals surface area (Å²) in [6, 6.07) is 0. The topological polar surface area (TPSA) is 66.6 Å². The fourth-order valence-corrected chi connectivity index (χ4v) is 1.71. The van der Waals surface area contributed by atoms with Crippen molar-refractivity contribution in [1.29, 1.82) is 0 Å². The van der Waals surface area contributed by atoms with Crippen LogP contribution in [0.5, 0.6) is 0 Å². The smallest absolute Gasteiger partial charge is 0.407 e. The fraction of sp³-hybridized carbons (Fsp3) is 0.875. The molecule has 0 saturated carbocycles. The molecule has 3 N–H and O–H groups in total. The number of rotatable bonds is 2. The summed E-state index contributed by atoms with van der Waals surface area (Å²) in [7, 11) is 0. The van der Waals surface area contributed by atoms with E-state index in [1.165, 1.54) is 0 Å². The molecule has 13 heavy (non-hydrogen) atoms. The lowest BCUT2D eigenvalue weighted by Crippen LogP contribution is -2.48. The molecule has 1 saturated heterocycles. The van der Waals surface area contributed by atoms with Gasteiger partial charge in [0.1, 0.15) is 5.67 Å². The first kappa shape index (κ1) is 10.2. The Labute approximate surface area is 76.5 Å². The molecule has 1 atom stereocenters. The Morgan fingerprint density at radius 2 is 2.38 bits per heavy atom.